The molecule has 0 amide bonds. The minimum atomic E-state index is -2.24. The second-order valence-corrected chi connectivity index (χ2v) is 16.7. The van der Waals surface area contributed by atoms with Crippen LogP contribution in [0.5, 0.6) is 0 Å². The molecule has 3 aromatic carbocycles. The zero-order valence-corrected chi connectivity index (χ0v) is 24.3. The van der Waals surface area contributed by atoms with E-state index in [2.05, 4.69) is 64.2 Å². The normalized spacial score (nSPS) is 13.6. The molecule has 0 aliphatic heterocycles. The molecule has 2 aromatic heterocycles. The van der Waals surface area contributed by atoms with E-state index in [-0.39, 0.29) is 0 Å². The van der Waals surface area contributed by atoms with Crippen molar-refractivity contribution in [2.45, 2.75) is 59.1 Å². The maximum Gasteiger partial charge on any atom is 0.216 e. The Labute approximate surface area is 231 Å². The molecule has 5 rings (SSSR count). The van der Waals surface area contributed by atoms with Crippen LogP contribution in [-0.2, 0) is 7.05 Å². The second kappa shape index (κ2) is 9.56. The largest absolute Gasteiger partial charge is 0.456 e. The topological polar surface area (TPSA) is 21.4 Å². The monoisotopic (exact) mass is 520 g/mol. The summed E-state index contributed by atoms with van der Waals surface area (Å²) >= 11 is 0. The molecule has 0 fully saturated rings. The lowest BCUT2D eigenvalue weighted by atomic mass is 9.98. The molecule has 0 atom stereocenters. The van der Waals surface area contributed by atoms with Crippen molar-refractivity contribution in [1.29, 1.82) is 0 Å². The van der Waals surface area contributed by atoms with E-state index in [1.807, 2.05) is 60.3 Å². The SMILES string of the molecule is [2H]C([2H])([2H])c1c[n+](C)c(-c2c(C)ccc3c2oc2c(-c4ccccc4)c([N+]#[C-])ccc23)cc1[Si](C)(C(C)C)C(C)C. The summed E-state index contributed by atoms with van der Waals surface area (Å²) in [7, 11) is -0.319. The van der Waals surface area contributed by atoms with Gasteiger partial charge >= 0.3 is 0 Å². The van der Waals surface area contributed by atoms with E-state index in [1.165, 1.54) is 0 Å². The summed E-state index contributed by atoms with van der Waals surface area (Å²) < 4.78 is 34.0. The number of pyridine rings is 1. The molecule has 0 aliphatic rings. The van der Waals surface area contributed by atoms with E-state index in [0.717, 1.165) is 49.5 Å². The van der Waals surface area contributed by atoms with Crippen LogP contribution in [0.2, 0.25) is 17.6 Å². The first-order valence-electron chi connectivity index (χ1n) is 14.8. The van der Waals surface area contributed by atoms with Gasteiger partial charge in [0.1, 0.15) is 18.2 Å². The number of rotatable bonds is 5. The third-order valence-corrected chi connectivity index (χ3v) is 15.1. The Morgan fingerprint density at radius 3 is 2.13 bits per heavy atom. The van der Waals surface area contributed by atoms with Crippen molar-refractivity contribution < 1.29 is 13.1 Å². The van der Waals surface area contributed by atoms with Crippen LogP contribution in [0.3, 0.4) is 0 Å². The molecule has 0 radical (unpaired) electrons. The van der Waals surface area contributed by atoms with Gasteiger partial charge in [0, 0.05) is 32.1 Å². The number of hydrogen-bond acceptors (Lipinski definition) is 1. The lowest BCUT2D eigenvalue weighted by Gasteiger charge is -2.37. The Hall–Kier alpha value is -3.68. The van der Waals surface area contributed by atoms with Gasteiger partial charge in [0.15, 0.2) is 11.9 Å². The fourth-order valence-corrected chi connectivity index (χ4v) is 9.59. The van der Waals surface area contributed by atoms with Gasteiger partial charge in [-0.1, -0.05) is 88.8 Å². The molecule has 0 unspecified atom stereocenters. The Morgan fingerprint density at radius 2 is 1.53 bits per heavy atom. The van der Waals surface area contributed by atoms with Gasteiger partial charge in [-0.15, -0.1) is 0 Å². The molecule has 38 heavy (non-hydrogen) atoms. The van der Waals surface area contributed by atoms with E-state index in [4.69, 9.17) is 15.1 Å². The second-order valence-electron chi connectivity index (χ2n) is 11.2. The van der Waals surface area contributed by atoms with Crippen LogP contribution in [0.15, 0.2) is 71.3 Å². The van der Waals surface area contributed by atoms with Crippen LogP contribution in [0.25, 0.3) is 49.2 Å². The fourth-order valence-electron chi connectivity index (χ4n) is 5.92. The van der Waals surface area contributed by atoms with Gasteiger partial charge in [0.05, 0.1) is 20.2 Å². The first-order chi connectivity index (χ1) is 19.3. The Balaban J connectivity index is 1.90. The maximum atomic E-state index is 8.44. The number of aromatic nitrogens is 1. The van der Waals surface area contributed by atoms with Crippen LogP contribution in [0.1, 0.15) is 42.9 Å². The lowest BCUT2D eigenvalue weighted by Crippen LogP contribution is -2.53. The van der Waals surface area contributed by atoms with Crippen molar-refractivity contribution in [2.75, 3.05) is 0 Å². The van der Waals surface area contributed by atoms with E-state index in [0.29, 0.717) is 27.9 Å². The van der Waals surface area contributed by atoms with Crippen LogP contribution in [-0.4, -0.2) is 8.07 Å². The highest BCUT2D eigenvalue weighted by Crippen LogP contribution is 2.44. The van der Waals surface area contributed by atoms with Gasteiger partial charge in [0.2, 0.25) is 5.69 Å². The summed E-state index contributed by atoms with van der Waals surface area (Å²) in [4.78, 5) is 3.82. The highest BCUT2D eigenvalue weighted by Gasteiger charge is 2.39. The van der Waals surface area contributed by atoms with Crippen molar-refractivity contribution in [1.82, 2.24) is 0 Å². The quantitative estimate of drug-likeness (QED) is 0.129. The maximum absolute atomic E-state index is 8.44. The minimum Gasteiger partial charge on any atom is -0.456 e. The lowest BCUT2D eigenvalue weighted by molar-refractivity contribution is -0.660. The van der Waals surface area contributed by atoms with Gasteiger partial charge in [0.25, 0.3) is 0 Å². The number of hydrogen-bond donors (Lipinski definition) is 0. The molecule has 0 saturated heterocycles. The fraction of sp³-hybridized carbons (Fsp3) is 0.294. The number of furan rings is 1. The molecule has 0 saturated carbocycles. The molecule has 5 aromatic rings. The average molecular weight is 521 g/mol. The Morgan fingerprint density at radius 1 is 0.895 bits per heavy atom. The van der Waals surface area contributed by atoms with E-state index in [9.17, 15) is 0 Å². The summed E-state index contributed by atoms with van der Waals surface area (Å²) in [5.74, 6) is 0. The van der Waals surface area contributed by atoms with Crippen LogP contribution in [0, 0.1) is 20.3 Å². The molecule has 0 aliphatic carbocycles. The molecule has 192 valence electrons. The molecule has 0 bridgehead atoms. The van der Waals surface area contributed by atoms with Crippen LogP contribution < -0.4 is 9.75 Å². The predicted molar refractivity (Wildman–Crippen MR) is 163 cm³/mol. The third-order valence-electron chi connectivity index (χ3n) is 8.69. The summed E-state index contributed by atoms with van der Waals surface area (Å²) in [5, 5.41) is 2.92. The summed E-state index contributed by atoms with van der Waals surface area (Å²) in [5.41, 5.74) is 7.80. The van der Waals surface area contributed by atoms with Crippen molar-refractivity contribution >= 4 is 40.9 Å². The van der Waals surface area contributed by atoms with Crippen LogP contribution in [0.4, 0.5) is 5.69 Å². The molecule has 0 N–H and O–H groups in total. The minimum absolute atomic E-state index is 0.354. The van der Waals surface area contributed by atoms with E-state index in [1.54, 1.807) is 0 Å². The zero-order valence-electron chi connectivity index (χ0n) is 26.3. The smallest absolute Gasteiger partial charge is 0.216 e. The predicted octanol–water partition coefficient (Wildman–Crippen LogP) is 9.02. The zero-order chi connectivity index (χ0) is 29.9. The highest BCUT2D eigenvalue weighted by molar-refractivity contribution is 6.93. The van der Waals surface area contributed by atoms with Crippen molar-refractivity contribution in [3.05, 3.63) is 89.4 Å². The number of nitrogens with zero attached hydrogens (tertiary/aromatic N) is 2. The molecular weight excluding hydrogens is 480 g/mol. The summed E-state index contributed by atoms with van der Waals surface area (Å²) in [6, 6.07) is 20.1. The molecular formula is C34H37N2OSi+. The summed E-state index contributed by atoms with van der Waals surface area (Å²) in [6.45, 7) is 18.9. The molecule has 2 heterocycles. The molecule has 4 heteroatoms. The Kier molecular flexibility index (Phi) is 5.62. The van der Waals surface area contributed by atoms with Crippen molar-refractivity contribution in [2.24, 2.45) is 7.05 Å². The van der Waals surface area contributed by atoms with Gasteiger partial charge in [-0.25, -0.2) is 9.41 Å². The van der Waals surface area contributed by atoms with Crippen LogP contribution >= 0.6 is 0 Å². The molecule has 3 nitrogen and oxygen atoms in total. The number of aryl methyl sites for hydroxylation is 3. The number of fused-ring (bicyclic) bond motifs is 3. The first-order valence-corrected chi connectivity index (χ1v) is 15.9. The third kappa shape index (κ3) is 3.89. The van der Waals surface area contributed by atoms with Gasteiger partial charge in [-0.3, -0.25) is 0 Å². The standard InChI is InChI=1S/C34H37N2OSi/c1-21(2)38(9,22(3)4)30-19-29(36(8)20-24(30)6)31-23(5)15-16-26-27-17-18-28(35-7)32(34(27)37-33(26)31)25-13-11-10-12-14-25/h10-22H,1-6,8-9H3/q+1/i6D3. The average Bonchev–Trinajstić information content (AvgIpc) is 3.30. The van der Waals surface area contributed by atoms with Gasteiger partial charge < -0.3 is 4.42 Å². The molecule has 0 spiro atoms. The summed E-state index contributed by atoms with van der Waals surface area (Å²) in [6.07, 6.45) is 1.82. The number of benzene rings is 3. The Bertz CT molecular complexity index is 1820. The van der Waals surface area contributed by atoms with Crippen molar-refractivity contribution in [3.8, 4) is 22.4 Å². The first kappa shape index (κ1) is 22.3. The van der Waals surface area contributed by atoms with Crippen molar-refractivity contribution in [3.63, 3.8) is 0 Å². The van der Waals surface area contributed by atoms with E-state index >= 15 is 0 Å². The van der Waals surface area contributed by atoms with Gasteiger partial charge in [-0.05, 0) is 41.2 Å². The highest BCUT2D eigenvalue weighted by atomic mass is 28.3. The van der Waals surface area contributed by atoms with E-state index < -0.39 is 14.9 Å². The van der Waals surface area contributed by atoms with Gasteiger partial charge in [-0.2, -0.15) is 0 Å².